The summed E-state index contributed by atoms with van der Waals surface area (Å²) >= 11 is 5.87. The minimum absolute atomic E-state index is 0.201. The second kappa shape index (κ2) is 10.0. The molecular formula is C23H28ClN3O4. The van der Waals surface area contributed by atoms with E-state index in [9.17, 15) is 9.59 Å². The molecule has 8 heteroatoms. The van der Waals surface area contributed by atoms with Crippen LogP contribution < -0.4 is 14.8 Å². The SMILES string of the molecule is COc1ccc(CCC2(C)NC(=O)N(CN(C)CCOc3ccc(Cl)cc3)C2=O)cc1. The first-order chi connectivity index (χ1) is 14.8. The van der Waals surface area contributed by atoms with Crippen LogP contribution in [0.4, 0.5) is 4.79 Å². The highest BCUT2D eigenvalue weighted by Gasteiger charge is 2.47. The van der Waals surface area contributed by atoms with Crippen molar-refractivity contribution in [3.63, 3.8) is 0 Å². The van der Waals surface area contributed by atoms with Gasteiger partial charge >= 0.3 is 6.03 Å². The third kappa shape index (κ3) is 5.89. The molecule has 31 heavy (non-hydrogen) atoms. The minimum atomic E-state index is -0.919. The second-order valence-electron chi connectivity index (χ2n) is 7.87. The topological polar surface area (TPSA) is 71.1 Å². The molecule has 1 saturated heterocycles. The van der Waals surface area contributed by atoms with Gasteiger partial charge in [0.25, 0.3) is 5.91 Å². The van der Waals surface area contributed by atoms with E-state index in [1.165, 1.54) is 4.90 Å². The Morgan fingerprint density at radius 3 is 2.35 bits per heavy atom. The molecule has 0 radical (unpaired) electrons. The maximum atomic E-state index is 13.0. The number of likely N-dealkylation sites (N-methyl/N-ethyl adjacent to an activating group) is 1. The lowest BCUT2D eigenvalue weighted by atomic mass is 9.93. The Bertz CT molecular complexity index is 904. The van der Waals surface area contributed by atoms with Gasteiger partial charge in [-0.05, 0) is 68.8 Å². The zero-order chi connectivity index (χ0) is 22.4. The van der Waals surface area contributed by atoms with Gasteiger partial charge in [0.15, 0.2) is 0 Å². The van der Waals surface area contributed by atoms with Crippen molar-refractivity contribution in [2.45, 2.75) is 25.3 Å². The van der Waals surface area contributed by atoms with E-state index < -0.39 is 5.54 Å². The summed E-state index contributed by atoms with van der Waals surface area (Å²) in [6.07, 6.45) is 1.19. The van der Waals surface area contributed by atoms with Crippen molar-refractivity contribution < 1.29 is 19.1 Å². The number of urea groups is 1. The van der Waals surface area contributed by atoms with Crippen LogP contribution in [0.2, 0.25) is 5.02 Å². The second-order valence-corrected chi connectivity index (χ2v) is 8.30. The third-order valence-corrected chi connectivity index (χ3v) is 5.61. The van der Waals surface area contributed by atoms with E-state index in [2.05, 4.69) is 5.32 Å². The van der Waals surface area contributed by atoms with Crippen LogP contribution in [0.5, 0.6) is 11.5 Å². The maximum absolute atomic E-state index is 13.0. The molecule has 0 saturated carbocycles. The molecule has 0 aliphatic carbocycles. The average molecular weight is 446 g/mol. The number of ether oxygens (including phenoxy) is 2. The molecule has 1 aliphatic rings. The zero-order valence-corrected chi connectivity index (χ0v) is 18.8. The van der Waals surface area contributed by atoms with E-state index in [1.54, 1.807) is 38.3 Å². The highest BCUT2D eigenvalue weighted by Crippen LogP contribution is 2.24. The number of hydrogen-bond donors (Lipinski definition) is 1. The molecule has 1 unspecified atom stereocenters. The number of aryl methyl sites for hydroxylation is 1. The molecule has 0 aromatic heterocycles. The van der Waals surface area contributed by atoms with Gasteiger partial charge in [-0.3, -0.25) is 9.69 Å². The Morgan fingerprint density at radius 1 is 1.06 bits per heavy atom. The fourth-order valence-corrected chi connectivity index (χ4v) is 3.52. The van der Waals surface area contributed by atoms with Gasteiger partial charge in [-0.15, -0.1) is 0 Å². The number of methoxy groups -OCH3 is 1. The summed E-state index contributed by atoms with van der Waals surface area (Å²) in [5.41, 5.74) is 0.163. The monoisotopic (exact) mass is 445 g/mol. The van der Waals surface area contributed by atoms with Gasteiger partial charge in [0.2, 0.25) is 0 Å². The van der Waals surface area contributed by atoms with Crippen LogP contribution in [0, 0.1) is 0 Å². The molecule has 166 valence electrons. The van der Waals surface area contributed by atoms with Crippen molar-refractivity contribution in [1.29, 1.82) is 0 Å². The molecule has 2 aromatic rings. The van der Waals surface area contributed by atoms with Crippen LogP contribution in [0.25, 0.3) is 0 Å². The molecule has 7 nitrogen and oxygen atoms in total. The van der Waals surface area contributed by atoms with Gasteiger partial charge in [0, 0.05) is 11.6 Å². The number of nitrogens with zero attached hydrogens (tertiary/aromatic N) is 2. The molecule has 0 bridgehead atoms. The van der Waals surface area contributed by atoms with Crippen LogP contribution in [-0.2, 0) is 11.2 Å². The summed E-state index contributed by atoms with van der Waals surface area (Å²) in [6.45, 7) is 2.96. The molecule has 1 atom stereocenters. The summed E-state index contributed by atoms with van der Waals surface area (Å²) in [4.78, 5) is 28.6. The number of amides is 3. The molecule has 1 fully saturated rings. The fourth-order valence-electron chi connectivity index (χ4n) is 3.39. The number of carbonyl (C=O) groups is 2. The molecule has 0 spiro atoms. The van der Waals surface area contributed by atoms with Crippen LogP contribution in [0.3, 0.4) is 0 Å². The van der Waals surface area contributed by atoms with E-state index >= 15 is 0 Å². The highest BCUT2D eigenvalue weighted by atomic mass is 35.5. The van der Waals surface area contributed by atoms with E-state index in [1.807, 2.05) is 36.2 Å². The quantitative estimate of drug-likeness (QED) is 0.566. The summed E-state index contributed by atoms with van der Waals surface area (Å²) in [5.74, 6) is 1.30. The summed E-state index contributed by atoms with van der Waals surface area (Å²) in [5, 5.41) is 3.51. The molecule has 1 heterocycles. The highest BCUT2D eigenvalue weighted by molar-refractivity contribution is 6.30. The smallest absolute Gasteiger partial charge is 0.326 e. The molecular weight excluding hydrogens is 418 g/mol. The molecule has 1 aliphatic heterocycles. The first-order valence-electron chi connectivity index (χ1n) is 10.1. The van der Waals surface area contributed by atoms with Crippen molar-refractivity contribution in [2.24, 2.45) is 0 Å². The lowest BCUT2D eigenvalue weighted by molar-refractivity contribution is -0.132. The molecule has 2 aromatic carbocycles. The van der Waals surface area contributed by atoms with Crippen LogP contribution >= 0.6 is 11.6 Å². The number of hydrogen-bond acceptors (Lipinski definition) is 5. The van der Waals surface area contributed by atoms with Crippen molar-refractivity contribution in [2.75, 3.05) is 34.0 Å². The van der Waals surface area contributed by atoms with Crippen LogP contribution in [0.1, 0.15) is 18.9 Å². The number of halogens is 1. The van der Waals surface area contributed by atoms with Gasteiger partial charge in [-0.2, -0.15) is 0 Å². The Balaban J connectivity index is 1.49. The normalized spacial score (nSPS) is 18.4. The van der Waals surface area contributed by atoms with Gasteiger partial charge in [0.1, 0.15) is 23.6 Å². The first-order valence-corrected chi connectivity index (χ1v) is 10.5. The third-order valence-electron chi connectivity index (χ3n) is 5.36. The first kappa shape index (κ1) is 22.9. The van der Waals surface area contributed by atoms with Crippen molar-refractivity contribution >= 4 is 23.5 Å². The summed E-state index contributed by atoms with van der Waals surface area (Å²) in [6, 6.07) is 14.5. The standard InChI is InChI=1S/C23H28ClN3O4/c1-23(13-12-17-4-8-19(30-3)9-5-17)21(28)27(22(29)25-23)16-26(2)14-15-31-20-10-6-18(24)7-11-20/h4-11H,12-16H2,1-3H3,(H,25,29). The van der Waals surface area contributed by atoms with Gasteiger partial charge in [0.05, 0.1) is 13.8 Å². The fraction of sp³-hybridized carbons (Fsp3) is 0.391. The lowest BCUT2D eigenvalue weighted by Crippen LogP contribution is -2.45. The largest absolute Gasteiger partial charge is 0.497 e. The number of imide groups is 1. The van der Waals surface area contributed by atoms with Gasteiger partial charge in [-0.25, -0.2) is 9.69 Å². The molecule has 3 amide bonds. The minimum Gasteiger partial charge on any atom is -0.497 e. The van der Waals surface area contributed by atoms with E-state index in [4.69, 9.17) is 21.1 Å². The number of rotatable bonds is 10. The van der Waals surface area contributed by atoms with E-state index in [0.29, 0.717) is 31.0 Å². The lowest BCUT2D eigenvalue weighted by Gasteiger charge is -2.24. The predicted molar refractivity (Wildman–Crippen MR) is 120 cm³/mol. The van der Waals surface area contributed by atoms with Crippen LogP contribution in [-0.4, -0.2) is 61.3 Å². The Hall–Kier alpha value is -2.77. The van der Waals surface area contributed by atoms with Gasteiger partial charge < -0.3 is 14.8 Å². The van der Waals surface area contributed by atoms with E-state index in [0.717, 1.165) is 17.1 Å². The molecule has 1 N–H and O–H groups in total. The summed E-state index contributed by atoms with van der Waals surface area (Å²) < 4.78 is 10.9. The number of carbonyl (C=O) groups excluding carboxylic acids is 2. The van der Waals surface area contributed by atoms with E-state index in [-0.39, 0.29) is 18.6 Å². The van der Waals surface area contributed by atoms with Crippen LogP contribution in [0.15, 0.2) is 48.5 Å². The Kier molecular flexibility index (Phi) is 7.41. The predicted octanol–water partition coefficient (Wildman–Crippen LogP) is 3.56. The Morgan fingerprint density at radius 2 is 1.71 bits per heavy atom. The van der Waals surface area contributed by atoms with Crippen molar-refractivity contribution in [3.05, 3.63) is 59.1 Å². The Labute approximate surface area is 187 Å². The maximum Gasteiger partial charge on any atom is 0.326 e. The summed E-state index contributed by atoms with van der Waals surface area (Å²) in [7, 11) is 3.47. The van der Waals surface area contributed by atoms with Crippen molar-refractivity contribution in [3.8, 4) is 11.5 Å². The number of nitrogens with one attached hydrogen (secondary N) is 1. The van der Waals surface area contributed by atoms with Crippen molar-refractivity contribution in [1.82, 2.24) is 15.1 Å². The average Bonchev–Trinajstić information content (AvgIpc) is 2.97. The zero-order valence-electron chi connectivity index (χ0n) is 18.1. The molecule has 3 rings (SSSR count). The van der Waals surface area contributed by atoms with Gasteiger partial charge in [-0.1, -0.05) is 23.7 Å². The number of benzene rings is 2.